The number of anilines is 1. The fourth-order valence-electron chi connectivity index (χ4n) is 2.55. The van der Waals surface area contributed by atoms with Gasteiger partial charge in [0.1, 0.15) is 5.82 Å². The fourth-order valence-corrected chi connectivity index (χ4v) is 2.55. The Bertz CT molecular complexity index is 542. The Hall–Kier alpha value is -1.81. The predicted molar refractivity (Wildman–Crippen MR) is 88.8 cm³/mol. The first kappa shape index (κ1) is 15.6. The number of likely N-dealkylation sites (N-methyl/N-ethyl adjacent to an activating group) is 1. The molecule has 1 aromatic carbocycles. The molecule has 0 saturated heterocycles. The number of rotatable bonds is 7. The molecule has 2 rings (SSSR count). The van der Waals surface area contributed by atoms with E-state index < -0.39 is 0 Å². The molecule has 1 heterocycles. The van der Waals surface area contributed by atoms with Crippen molar-refractivity contribution in [3.8, 4) is 0 Å². The first-order valence-corrected chi connectivity index (χ1v) is 7.60. The second kappa shape index (κ2) is 7.27. The van der Waals surface area contributed by atoms with Gasteiger partial charge in [0, 0.05) is 51.2 Å². The lowest BCUT2D eigenvalue weighted by Gasteiger charge is -2.19. The molecule has 0 amide bonds. The number of aromatic nitrogens is 2. The Labute approximate surface area is 127 Å². The first-order chi connectivity index (χ1) is 10.2. The van der Waals surface area contributed by atoms with Crippen LogP contribution in [0.3, 0.4) is 0 Å². The summed E-state index contributed by atoms with van der Waals surface area (Å²) in [5, 5.41) is 3.41. The molecule has 2 aromatic rings. The van der Waals surface area contributed by atoms with E-state index in [1.54, 1.807) is 0 Å². The lowest BCUT2D eigenvalue weighted by molar-refractivity contribution is 0.543. The van der Waals surface area contributed by atoms with Crippen LogP contribution in [0.2, 0.25) is 0 Å². The Morgan fingerprint density at radius 3 is 2.52 bits per heavy atom. The molecule has 0 saturated carbocycles. The molecule has 21 heavy (non-hydrogen) atoms. The Balaban J connectivity index is 2.13. The van der Waals surface area contributed by atoms with E-state index in [0.29, 0.717) is 6.04 Å². The summed E-state index contributed by atoms with van der Waals surface area (Å²) in [4.78, 5) is 6.63. The van der Waals surface area contributed by atoms with Crippen LogP contribution in [0.1, 0.15) is 30.8 Å². The van der Waals surface area contributed by atoms with Gasteiger partial charge in [0.2, 0.25) is 0 Å². The summed E-state index contributed by atoms with van der Waals surface area (Å²) in [7, 11) is 6.13. The second-order valence-electron chi connectivity index (χ2n) is 5.57. The Kier molecular flexibility index (Phi) is 5.39. The average Bonchev–Trinajstić information content (AvgIpc) is 2.92. The van der Waals surface area contributed by atoms with E-state index in [4.69, 9.17) is 0 Å². The molecular formula is C17H26N4. The average molecular weight is 286 g/mol. The van der Waals surface area contributed by atoms with Crippen LogP contribution in [-0.4, -0.2) is 30.7 Å². The standard InChI is InChI=1S/C17H26N4/c1-5-11-21-12-10-19-17(21)13-16(18-2)14-6-8-15(9-7-14)20(3)4/h6-10,12,16,18H,5,11,13H2,1-4H3. The van der Waals surface area contributed by atoms with Crippen molar-refractivity contribution in [2.45, 2.75) is 32.4 Å². The number of aryl methyl sites for hydroxylation is 1. The number of benzene rings is 1. The molecule has 0 bridgehead atoms. The largest absolute Gasteiger partial charge is 0.378 e. The summed E-state index contributed by atoms with van der Waals surface area (Å²) >= 11 is 0. The van der Waals surface area contributed by atoms with E-state index in [1.165, 1.54) is 11.3 Å². The van der Waals surface area contributed by atoms with Gasteiger partial charge >= 0.3 is 0 Å². The SMILES string of the molecule is CCCn1ccnc1CC(NC)c1ccc(N(C)C)cc1. The van der Waals surface area contributed by atoms with Crippen LogP contribution in [0.5, 0.6) is 0 Å². The highest BCUT2D eigenvalue weighted by Gasteiger charge is 2.13. The zero-order valence-corrected chi connectivity index (χ0v) is 13.5. The molecule has 1 unspecified atom stereocenters. The summed E-state index contributed by atoms with van der Waals surface area (Å²) in [6.07, 6.45) is 6.00. The van der Waals surface area contributed by atoms with Gasteiger partial charge in [0.15, 0.2) is 0 Å². The minimum Gasteiger partial charge on any atom is -0.378 e. The first-order valence-electron chi connectivity index (χ1n) is 7.60. The highest BCUT2D eigenvalue weighted by atomic mass is 15.1. The predicted octanol–water partition coefficient (Wildman–Crippen LogP) is 2.86. The van der Waals surface area contributed by atoms with Crippen LogP contribution < -0.4 is 10.2 Å². The number of hydrogen-bond donors (Lipinski definition) is 1. The molecule has 4 nitrogen and oxygen atoms in total. The zero-order chi connectivity index (χ0) is 15.2. The molecule has 0 radical (unpaired) electrons. The van der Waals surface area contributed by atoms with Gasteiger partial charge in [-0.3, -0.25) is 0 Å². The number of hydrogen-bond acceptors (Lipinski definition) is 3. The van der Waals surface area contributed by atoms with Gasteiger partial charge in [0.05, 0.1) is 0 Å². The van der Waals surface area contributed by atoms with Gasteiger partial charge in [-0.15, -0.1) is 0 Å². The van der Waals surface area contributed by atoms with Crippen molar-refractivity contribution in [3.05, 3.63) is 48.0 Å². The van der Waals surface area contributed by atoms with Crippen LogP contribution in [0, 0.1) is 0 Å². The maximum atomic E-state index is 4.51. The van der Waals surface area contributed by atoms with Crippen LogP contribution in [-0.2, 0) is 13.0 Å². The normalized spacial score (nSPS) is 12.4. The monoisotopic (exact) mass is 286 g/mol. The van der Waals surface area contributed by atoms with Crippen molar-refractivity contribution in [2.75, 3.05) is 26.0 Å². The second-order valence-corrected chi connectivity index (χ2v) is 5.57. The third-order valence-electron chi connectivity index (χ3n) is 3.81. The summed E-state index contributed by atoms with van der Waals surface area (Å²) in [5.41, 5.74) is 2.52. The maximum Gasteiger partial charge on any atom is 0.110 e. The number of imidazole rings is 1. The molecule has 0 aliphatic heterocycles. The van der Waals surface area contributed by atoms with E-state index in [9.17, 15) is 0 Å². The summed E-state index contributed by atoms with van der Waals surface area (Å²) in [6.45, 7) is 3.23. The maximum absolute atomic E-state index is 4.51. The van der Waals surface area contributed by atoms with Gasteiger partial charge in [-0.25, -0.2) is 4.98 Å². The molecular weight excluding hydrogens is 260 g/mol. The molecule has 114 valence electrons. The van der Waals surface area contributed by atoms with Crippen LogP contribution in [0.15, 0.2) is 36.7 Å². The number of nitrogens with one attached hydrogen (secondary N) is 1. The summed E-state index contributed by atoms with van der Waals surface area (Å²) in [6, 6.07) is 9.02. The van der Waals surface area contributed by atoms with Crippen LogP contribution >= 0.6 is 0 Å². The van der Waals surface area contributed by atoms with Crippen molar-refractivity contribution in [1.29, 1.82) is 0 Å². The van der Waals surface area contributed by atoms with Gasteiger partial charge in [0.25, 0.3) is 0 Å². The fraction of sp³-hybridized carbons (Fsp3) is 0.471. The van der Waals surface area contributed by atoms with Gasteiger partial charge < -0.3 is 14.8 Å². The lowest BCUT2D eigenvalue weighted by Crippen LogP contribution is -2.21. The highest BCUT2D eigenvalue weighted by Crippen LogP contribution is 2.20. The Morgan fingerprint density at radius 2 is 1.95 bits per heavy atom. The third kappa shape index (κ3) is 3.85. The van der Waals surface area contributed by atoms with Crippen molar-refractivity contribution in [1.82, 2.24) is 14.9 Å². The minimum absolute atomic E-state index is 0.291. The quantitative estimate of drug-likeness (QED) is 0.849. The summed E-state index contributed by atoms with van der Waals surface area (Å²) in [5.74, 6) is 1.15. The van der Waals surface area contributed by atoms with Gasteiger partial charge in [-0.05, 0) is 31.2 Å². The van der Waals surface area contributed by atoms with Crippen LogP contribution in [0.25, 0.3) is 0 Å². The topological polar surface area (TPSA) is 33.1 Å². The van der Waals surface area contributed by atoms with Gasteiger partial charge in [-0.2, -0.15) is 0 Å². The molecule has 4 heteroatoms. The highest BCUT2D eigenvalue weighted by molar-refractivity contribution is 5.46. The Morgan fingerprint density at radius 1 is 1.24 bits per heavy atom. The minimum atomic E-state index is 0.291. The van der Waals surface area contributed by atoms with Gasteiger partial charge in [-0.1, -0.05) is 19.1 Å². The van der Waals surface area contributed by atoms with Crippen molar-refractivity contribution in [3.63, 3.8) is 0 Å². The zero-order valence-electron chi connectivity index (χ0n) is 13.5. The molecule has 0 spiro atoms. The molecule has 0 aliphatic rings. The van der Waals surface area contributed by atoms with Crippen molar-refractivity contribution >= 4 is 5.69 Å². The van der Waals surface area contributed by atoms with E-state index in [0.717, 1.165) is 25.2 Å². The molecule has 1 atom stereocenters. The smallest absolute Gasteiger partial charge is 0.110 e. The van der Waals surface area contributed by atoms with E-state index in [-0.39, 0.29) is 0 Å². The lowest BCUT2D eigenvalue weighted by atomic mass is 10.0. The van der Waals surface area contributed by atoms with E-state index in [1.807, 2.05) is 13.2 Å². The van der Waals surface area contributed by atoms with E-state index in [2.05, 4.69) is 71.2 Å². The molecule has 1 aromatic heterocycles. The molecule has 0 fully saturated rings. The van der Waals surface area contributed by atoms with Crippen LogP contribution in [0.4, 0.5) is 5.69 Å². The van der Waals surface area contributed by atoms with Crippen molar-refractivity contribution in [2.24, 2.45) is 0 Å². The molecule has 0 aliphatic carbocycles. The third-order valence-corrected chi connectivity index (χ3v) is 3.81. The summed E-state index contributed by atoms with van der Waals surface area (Å²) < 4.78 is 2.25. The van der Waals surface area contributed by atoms with Crippen molar-refractivity contribution < 1.29 is 0 Å². The number of nitrogens with zero attached hydrogens (tertiary/aromatic N) is 3. The van der Waals surface area contributed by atoms with E-state index >= 15 is 0 Å². The molecule has 1 N–H and O–H groups in total.